The van der Waals surface area contributed by atoms with Crippen molar-refractivity contribution in [2.45, 2.75) is 69.4 Å². The fraction of sp³-hybridized carbons (Fsp3) is 0.652. The molecule has 1 saturated carbocycles. The molecular weight excluding hydrogens is 352 g/mol. The molecular formula is C23H32N2O3. The number of amides is 2. The number of nitrogens with one attached hydrogen (secondary N) is 2. The van der Waals surface area contributed by atoms with E-state index in [4.69, 9.17) is 4.74 Å². The van der Waals surface area contributed by atoms with Gasteiger partial charge in [0.2, 0.25) is 11.8 Å². The van der Waals surface area contributed by atoms with Gasteiger partial charge in [0.1, 0.15) is 0 Å². The van der Waals surface area contributed by atoms with Crippen molar-refractivity contribution in [1.82, 2.24) is 10.6 Å². The van der Waals surface area contributed by atoms with E-state index >= 15 is 0 Å². The molecule has 28 heavy (non-hydrogen) atoms. The van der Waals surface area contributed by atoms with Crippen LogP contribution in [0.4, 0.5) is 0 Å². The average Bonchev–Trinajstić information content (AvgIpc) is 2.74. The quantitative estimate of drug-likeness (QED) is 0.839. The molecule has 152 valence electrons. The van der Waals surface area contributed by atoms with Crippen LogP contribution in [0.1, 0.15) is 57.4 Å². The molecule has 0 aromatic heterocycles. The Bertz CT molecular complexity index is 699. The number of hydrogen-bond acceptors (Lipinski definition) is 3. The largest absolute Gasteiger partial charge is 0.381 e. The molecule has 4 atom stereocenters. The first-order chi connectivity index (χ1) is 13.6. The summed E-state index contributed by atoms with van der Waals surface area (Å²) in [5.74, 6) is 1.34. The van der Waals surface area contributed by atoms with Crippen molar-refractivity contribution in [2.75, 3.05) is 13.2 Å². The number of ether oxygens (including phenoxy) is 1. The minimum absolute atomic E-state index is 0.125. The molecule has 4 unspecified atom stereocenters. The smallest absolute Gasteiger partial charge is 0.231 e. The first kappa shape index (κ1) is 19.4. The summed E-state index contributed by atoms with van der Waals surface area (Å²) < 4.78 is 5.57. The van der Waals surface area contributed by atoms with Gasteiger partial charge in [0.05, 0.1) is 5.41 Å². The van der Waals surface area contributed by atoms with Gasteiger partial charge in [-0.05, 0) is 49.5 Å². The Morgan fingerprint density at radius 1 is 1.21 bits per heavy atom. The number of carbonyl (C=O) groups is 2. The minimum atomic E-state index is -0.502. The van der Waals surface area contributed by atoms with Gasteiger partial charge in [-0.2, -0.15) is 0 Å². The van der Waals surface area contributed by atoms with Crippen LogP contribution in [0.25, 0.3) is 0 Å². The van der Waals surface area contributed by atoms with E-state index < -0.39 is 5.41 Å². The van der Waals surface area contributed by atoms with Crippen LogP contribution in [-0.4, -0.2) is 37.1 Å². The first-order valence-electron chi connectivity index (χ1n) is 10.9. The maximum Gasteiger partial charge on any atom is 0.231 e. The van der Waals surface area contributed by atoms with E-state index in [0.717, 1.165) is 44.1 Å². The summed E-state index contributed by atoms with van der Waals surface area (Å²) in [6.45, 7) is 3.42. The number of benzene rings is 1. The number of carbonyl (C=O) groups excluding carboxylic acids is 2. The van der Waals surface area contributed by atoms with Crippen LogP contribution in [-0.2, 0) is 19.7 Å². The van der Waals surface area contributed by atoms with E-state index in [-0.39, 0.29) is 23.9 Å². The lowest BCUT2D eigenvalue weighted by atomic mass is 9.69. The maximum absolute atomic E-state index is 13.5. The number of piperidine rings is 1. The fourth-order valence-electron chi connectivity index (χ4n) is 5.61. The molecule has 1 aromatic carbocycles. The van der Waals surface area contributed by atoms with E-state index in [1.807, 2.05) is 18.2 Å². The second-order valence-corrected chi connectivity index (χ2v) is 8.75. The summed E-state index contributed by atoms with van der Waals surface area (Å²) in [7, 11) is 0. The van der Waals surface area contributed by atoms with Gasteiger partial charge in [-0.25, -0.2) is 0 Å². The highest BCUT2D eigenvalue weighted by molar-refractivity contribution is 5.88. The molecule has 2 heterocycles. The summed E-state index contributed by atoms with van der Waals surface area (Å²) in [5, 5.41) is 6.56. The topological polar surface area (TPSA) is 67.4 Å². The lowest BCUT2D eigenvalue weighted by Gasteiger charge is -2.45. The highest BCUT2D eigenvalue weighted by atomic mass is 16.5. The van der Waals surface area contributed by atoms with Crippen LogP contribution in [0.3, 0.4) is 0 Å². The van der Waals surface area contributed by atoms with Crippen molar-refractivity contribution in [2.24, 2.45) is 11.8 Å². The van der Waals surface area contributed by atoms with Gasteiger partial charge < -0.3 is 15.4 Å². The summed E-state index contributed by atoms with van der Waals surface area (Å²) in [5.41, 5.74) is 0.583. The van der Waals surface area contributed by atoms with Crippen molar-refractivity contribution in [3.8, 4) is 0 Å². The molecule has 2 N–H and O–H groups in total. The van der Waals surface area contributed by atoms with Gasteiger partial charge in [-0.15, -0.1) is 0 Å². The highest BCUT2D eigenvalue weighted by Gasteiger charge is 2.44. The SMILES string of the molecule is CCC1CC(=O)NC2CC(NC(=O)C3(c4ccccc4)CCOCC3)CCC12. The van der Waals surface area contributed by atoms with E-state index in [1.165, 1.54) is 0 Å². The molecule has 3 fully saturated rings. The minimum Gasteiger partial charge on any atom is -0.381 e. The number of rotatable bonds is 4. The van der Waals surface area contributed by atoms with E-state index in [1.54, 1.807) is 0 Å². The monoisotopic (exact) mass is 384 g/mol. The molecule has 0 spiro atoms. The molecule has 0 bridgehead atoms. The van der Waals surface area contributed by atoms with Crippen molar-refractivity contribution in [3.63, 3.8) is 0 Å². The zero-order valence-corrected chi connectivity index (χ0v) is 16.8. The van der Waals surface area contributed by atoms with Crippen molar-refractivity contribution in [1.29, 1.82) is 0 Å². The van der Waals surface area contributed by atoms with Crippen LogP contribution in [0.15, 0.2) is 30.3 Å². The third kappa shape index (κ3) is 3.69. The third-order valence-corrected chi connectivity index (χ3v) is 7.27. The predicted octanol–water partition coefficient (Wildman–Crippen LogP) is 2.93. The van der Waals surface area contributed by atoms with Crippen LogP contribution in [0.2, 0.25) is 0 Å². The Morgan fingerprint density at radius 2 is 1.96 bits per heavy atom. The normalized spacial score (nSPS) is 32.1. The van der Waals surface area contributed by atoms with E-state index in [9.17, 15) is 9.59 Å². The van der Waals surface area contributed by atoms with Crippen LogP contribution >= 0.6 is 0 Å². The van der Waals surface area contributed by atoms with Gasteiger partial charge in [0, 0.05) is 31.7 Å². The van der Waals surface area contributed by atoms with Crippen molar-refractivity contribution >= 4 is 11.8 Å². The van der Waals surface area contributed by atoms with Crippen LogP contribution in [0.5, 0.6) is 0 Å². The second kappa shape index (κ2) is 8.24. The van der Waals surface area contributed by atoms with Gasteiger partial charge in [-0.3, -0.25) is 9.59 Å². The Balaban J connectivity index is 1.47. The molecule has 1 aliphatic carbocycles. The Hall–Kier alpha value is -1.88. The van der Waals surface area contributed by atoms with Crippen LogP contribution < -0.4 is 10.6 Å². The molecule has 2 amide bonds. The average molecular weight is 385 g/mol. The van der Waals surface area contributed by atoms with Gasteiger partial charge in [0.25, 0.3) is 0 Å². The van der Waals surface area contributed by atoms with Gasteiger partial charge in [-0.1, -0.05) is 43.7 Å². The molecule has 2 aliphatic heterocycles. The molecule has 1 aromatic rings. The molecule has 0 radical (unpaired) electrons. The Morgan fingerprint density at radius 3 is 2.68 bits per heavy atom. The standard InChI is InChI=1S/C23H32N2O3/c1-2-16-14-21(26)25-20-15-18(8-9-19(16)20)24-22(27)23(10-12-28-13-11-23)17-6-4-3-5-7-17/h3-7,16,18-20H,2,8-15H2,1H3,(H,24,27)(H,25,26). The lowest BCUT2D eigenvalue weighted by Crippen LogP contribution is -2.57. The Kier molecular flexibility index (Phi) is 5.72. The summed E-state index contributed by atoms with van der Waals surface area (Å²) in [4.78, 5) is 25.6. The molecule has 5 heteroatoms. The predicted molar refractivity (Wildman–Crippen MR) is 108 cm³/mol. The lowest BCUT2D eigenvalue weighted by molar-refractivity contribution is -0.132. The van der Waals surface area contributed by atoms with Crippen LogP contribution in [0, 0.1) is 11.8 Å². The molecule has 4 rings (SSSR count). The third-order valence-electron chi connectivity index (χ3n) is 7.27. The maximum atomic E-state index is 13.5. The number of fused-ring (bicyclic) bond motifs is 1. The van der Waals surface area contributed by atoms with Gasteiger partial charge >= 0.3 is 0 Å². The zero-order chi connectivity index (χ0) is 19.6. The van der Waals surface area contributed by atoms with E-state index in [2.05, 4.69) is 29.7 Å². The molecule has 5 nitrogen and oxygen atoms in total. The highest BCUT2D eigenvalue weighted by Crippen LogP contribution is 2.39. The van der Waals surface area contributed by atoms with Crippen molar-refractivity contribution < 1.29 is 14.3 Å². The fourth-order valence-corrected chi connectivity index (χ4v) is 5.61. The zero-order valence-electron chi connectivity index (χ0n) is 16.8. The van der Waals surface area contributed by atoms with Crippen molar-refractivity contribution in [3.05, 3.63) is 35.9 Å². The summed E-state index contributed by atoms with van der Waals surface area (Å²) >= 11 is 0. The molecule has 3 aliphatic rings. The summed E-state index contributed by atoms with van der Waals surface area (Å²) in [6.07, 6.45) is 6.08. The van der Waals surface area contributed by atoms with Gasteiger partial charge in [0.15, 0.2) is 0 Å². The number of hydrogen-bond donors (Lipinski definition) is 2. The van der Waals surface area contributed by atoms with E-state index in [0.29, 0.717) is 31.5 Å². The summed E-state index contributed by atoms with van der Waals surface area (Å²) in [6, 6.07) is 10.5. The Labute approximate surface area is 167 Å². The second-order valence-electron chi connectivity index (χ2n) is 8.75. The molecule has 2 saturated heterocycles. The first-order valence-corrected chi connectivity index (χ1v) is 10.9.